The highest BCUT2D eigenvalue weighted by atomic mass is 35.5. The molecular formula is C14H10ClNO3S. The van der Waals surface area contributed by atoms with Gasteiger partial charge in [0, 0.05) is 22.6 Å². The summed E-state index contributed by atoms with van der Waals surface area (Å²) < 4.78 is 0. The van der Waals surface area contributed by atoms with Crippen LogP contribution in [0.5, 0.6) is 0 Å². The quantitative estimate of drug-likeness (QED) is 0.359. The normalized spacial score (nSPS) is 10.2. The van der Waals surface area contributed by atoms with Gasteiger partial charge in [0.2, 0.25) is 0 Å². The summed E-state index contributed by atoms with van der Waals surface area (Å²) in [5.41, 5.74) is 0.426. The molecule has 0 bridgehead atoms. The minimum Gasteiger partial charge on any atom is -0.293 e. The minimum atomic E-state index is -0.493. The van der Waals surface area contributed by atoms with Crippen molar-refractivity contribution >= 4 is 34.8 Å². The summed E-state index contributed by atoms with van der Waals surface area (Å²) in [6.45, 7) is 0. The van der Waals surface area contributed by atoms with Gasteiger partial charge >= 0.3 is 0 Å². The van der Waals surface area contributed by atoms with E-state index in [1.807, 2.05) is 18.2 Å². The summed E-state index contributed by atoms with van der Waals surface area (Å²) >= 11 is 7.35. The van der Waals surface area contributed by atoms with E-state index in [0.29, 0.717) is 10.6 Å². The lowest BCUT2D eigenvalue weighted by molar-refractivity contribution is -0.384. The molecule has 0 atom stereocenters. The van der Waals surface area contributed by atoms with Gasteiger partial charge in [0.15, 0.2) is 5.78 Å². The fourth-order valence-electron chi connectivity index (χ4n) is 1.56. The van der Waals surface area contributed by atoms with E-state index in [-0.39, 0.29) is 17.2 Å². The fourth-order valence-corrected chi connectivity index (χ4v) is 2.69. The Kier molecular flexibility index (Phi) is 4.76. The number of benzene rings is 2. The Labute approximate surface area is 124 Å². The number of carbonyl (C=O) groups excluding carboxylic acids is 1. The molecule has 2 aromatic carbocycles. The summed E-state index contributed by atoms with van der Waals surface area (Å²) in [5, 5.41) is 11.1. The Morgan fingerprint density at radius 1 is 1.15 bits per heavy atom. The van der Waals surface area contributed by atoms with E-state index in [4.69, 9.17) is 11.6 Å². The van der Waals surface area contributed by atoms with E-state index in [1.165, 1.54) is 36.0 Å². The third-order valence-electron chi connectivity index (χ3n) is 2.60. The van der Waals surface area contributed by atoms with E-state index in [1.54, 1.807) is 6.07 Å². The third kappa shape index (κ3) is 3.59. The predicted octanol–water partition coefficient (Wildman–Crippen LogP) is 4.22. The van der Waals surface area contributed by atoms with Gasteiger partial charge in [-0.15, -0.1) is 11.8 Å². The molecule has 0 aliphatic carbocycles. The van der Waals surface area contributed by atoms with E-state index in [0.717, 1.165) is 4.90 Å². The molecule has 0 spiro atoms. The van der Waals surface area contributed by atoms with E-state index in [9.17, 15) is 14.9 Å². The molecule has 4 nitrogen and oxygen atoms in total. The first-order valence-electron chi connectivity index (χ1n) is 5.73. The van der Waals surface area contributed by atoms with Gasteiger partial charge in [0.05, 0.1) is 15.7 Å². The number of hydrogen-bond acceptors (Lipinski definition) is 4. The maximum absolute atomic E-state index is 12.0. The zero-order chi connectivity index (χ0) is 14.5. The molecule has 0 aliphatic heterocycles. The van der Waals surface area contributed by atoms with E-state index in [2.05, 4.69) is 0 Å². The van der Waals surface area contributed by atoms with E-state index < -0.39 is 4.92 Å². The van der Waals surface area contributed by atoms with Gasteiger partial charge in [0.25, 0.3) is 5.69 Å². The zero-order valence-corrected chi connectivity index (χ0v) is 11.9. The number of nitro benzene ring substituents is 1. The highest BCUT2D eigenvalue weighted by Crippen LogP contribution is 2.27. The largest absolute Gasteiger partial charge is 0.293 e. The van der Waals surface area contributed by atoms with Crippen LogP contribution in [0.15, 0.2) is 53.4 Å². The number of non-ortho nitro benzene ring substituents is 1. The lowest BCUT2D eigenvalue weighted by Gasteiger charge is -2.03. The number of carbonyl (C=O) groups is 1. The molecule has 6 heteroatoms. The summed E-state index contributed by atoms with van der Waals surface area (Å²) in [6.07, 6.45) is 0. The fraction of sp³-hybridized carbons (Fsp3) is 0.0714. The second kappa shape index (κ2) is 6.54. The Morgan fingerprint density at radius 3 is 2.40 bits per heavy atom. The van der Waals surface area contributed by atoms with Crippen molar-refractivity contribution in [1.82, 2.24) is 0 Å². The Morgan fingerprint density at radius 2 is 1.80 bits per heavy atom. The lowest BCUT2D eigenvalue weighted by Crippen LogP contribution is -2.02. The van der Waals surface area contributed by atoms with Gasteiger partial charge < -0.3 is 0 Å². The smallest absolute Gasteiger partial charge is 0.269 e. The third-order valence-corrected chi connectivity index (χ3v) is 4.11. The number of rotatable bonds is 5. The molecule has 0 saturated carbocycles. The minimum absolute atomic E-state index is 0.0275. The molecule has 20 heavy (non-hydrogen) atoms. The first kappa shape index (κ1) is 14.6. The molecular weight excluding hydrogens is 298 g/mol. The molecule has 0 heterocycles. The summed E-state index contributed by atoms with van der Waals surface area (Å²) in [6, 6.07) is 12.9. The first-order chi connectivity index (χ1) is 9.58. The molecule has 0 unspecified atom stereocenters. The molecule has 102 valence electrons. The van der Waals surface area contributed by atoms with Crippen molar-refractivity contribution in [3.8, 4) is 0 Å². The van der Waals surface area contributed by atoms with Crippen LogP contribution in [0.3, 0.4) is 0 Å². The molecule has 0 N–H and O–H groups in total. The molecule has 2 aromatic rings. The Bertz CT molecular complexity index is 643. The van der Waals surface area contributed by atoms with Gasteiger partial charge in [-0.2, -0.15) is 0 Å². The maximum Gasteiger partial charge on any atom is 0.269 e. The maximum atomic E-state index is 12.0. The first-order valence-corrected chi connectivity index (χ1v) is 7.09. The Balaban J connectivity index is 2.02. The zero-order valence-electron chi connectivity index (χ0n) is 10.3. The molecule has 0 saturated heterocycles. The van der Waals surface area contributed by atoms with Crippen LogP contribution in [-0.4, -0.2) is 16.5 Å². The number of Topliss-reactive ketones (excluding diaryl/α,β-unsaturated/α-hetero) is 1. The average Bonchev–Trinajstić information content (AvgIpc) is 2.46. The predicted molar refractivity (Wildman–Crippen MR) is 79.6 cm³/mol. The molecule has 2 rings (SSSR count). The highest BCUT2D eigenvalue weighted by molar-refractivity contribution is 8.00. The monoisotopic (exact) mass is 307 g/mol. The summed E-state index contributed by atoms with van der Waals surface area (Å²) in [5.74, 6) is 0.145. The van der Waals surface area contributed by atoms with Crippen LogP contribution in [0.1, 0.15) is 10.4 Å². The van der Waals surface area contributed by atoms with Crippen molar-refractivity contribution in [3.63, 3.8) is 0 Å². The summed E-state index contributed by atoms with van der Waals surface area (Å²) in [7, 11) is 0. The molecule has 0 aliphatic rings. The van der Waals surface area contributed by atoms with Gasteiger partial charge in [-0.25, -0.2) is 0 Å². The van der Waals surface area contributed by atoms with Crippen LogP contribution in [0.25, 0.3) is 0 Å². The average molecular weight is 308 g/mol. The van der Waals surface area contributed by atoms with Crippen LogP contribution in [0.4, 0.5) is 5.69 Å². The summed E-state index contributed by atoms with van der Waals surface area (Å²) in [4.78, 5) is 22.9. The number of thioether (sulfide) groups is 1. The van der Waals surface area contributed by atoms with Crippen molar-refractivity contribution in [2.24, 2.45) is 0 Å². The van der Waals surface area contributed by atoms with Crippen LogP contribution in [0.2, 0.25) is 5.02 Å². The van der Waals surface area contributed by atoms with Crippen LogP contribution in [0, 0.1) is 10.1 Å². The number of halogens is 1. The Hall–Kier alpha value is -1.85. The highest BCUT2D eigenvalue weighted by Gasteiger charge is 2.10. The molecule has 0 fully saturated rings. The van der Waals surface area contributed by atoms with Gasteiger partial charge in [-0.3, -0.25) is 14.9 Å². The number of nitro groups is 1. The van der Waals surface area contributed by atoms with Crippen LogP contribution < -0.4 is 0 Å². The van der Waals surface area contributed by atoms with Crippen molar-refractivity contribution in [2.45, 2.75) is 4.90 Å². The molecule has 0 radical (unpaired) electrons. The lowest BCUT2D eigenvalue weighted by atomic mass is 10.1. The van der Waals surface area contributed by atoms with Crippen molar-refractivity contribution in [1.29, 1.82) is 0 Å². The van der Waals surface area contributed by atoms with E-state index >= 15 is 0 Å². The number of hydrogen-bond donors (Lipinski definition) is 0. The number of nitrogens with zero attached hydrogens (tertiary/aromatic N) is 1. The molecule has 0 amide bonds. The van der Waals surface area contributed by atoms with Crippen LogP contribution in [-0.2, 0) is 0 Å². The SMILES string of the molecule is O=C(CSc1ccccc1Cl)c1ccc([N+](=O)[O-])cc1. The van der Waals surface area contributed by atoms with Gasteiger partial charge in [-0.1, -0.05) is 23.7 Å². The van der Waals surface area contributed by atoms with Crippen molar-refractivity contribution in [3.05, 3.63) is 69.2 Å². The van der Waals surface area contributed by atoms with Crippen molar-refractivity contribution in [2.75, 3.05) is 5.75 Å². The van der Waals surface area contributed by atoms with Crippen molar-refractivity contribution < 1.29 is 9.72 Å². The molecule has 0 aromatic heterocycles. The topological polar surface area (TPSA) is 60.2 Å². The second-order valence-electron chi connectivity index (χ2n) is 3.95. The number of ketones is 1. The van der Waals surface area contributed by atoms with Crippen LogP contribution >= 0.6 is 23.4 Å². The second-order valence-corrected chi connectivity index (χ2v) is 5.37. The van der Waals surface area contributed by atoms with Gasteiger partial charge in [0.1, 0.15) is 0 Å². The standard InChI is InChI=1S/C14H10ClNO3S/c15-12-3-1-2-4-14(12)20-9-13(17)10-5-7-11(8-6-10)16(18)19/h1-8H,9H2. The van der Waals surface area contributed by atoms with Gasteiger partial charge in [-0.05, 0) is 24.3 Å².